The molecule has 1 rings (SSSR count). The highest BCUT2D eigenvalue weighted by molar-refractivity contribution is 6.22. The summed E-state index contributed by atoms with van der Waals surface area (Å²) >= 11 is 4.86. The lowest BCUT2D eigenvalue weighted by molar-refractivity contribution is 0.0450. The van der Waals surface area contributed by atoms with Gasteiger partial charge in [-0.15, -0.1) is 10.2 Å². The molecule has 8 heteroatoms. The topological polar surface area (TPSA) is 68.8 Å². The third-order valence-corrected chi connectivity index (χ3v) is 2.10. The zero-order valence-electron chi connectivity index (χ0n) is 7.63. The molecule has 0 aliphatic rings. The molecule has 1 aromatic heterocycles. The van der Waals surface area contributed by atoms with Gasteiger partial charge in [0.05, 0.1) is 0 Å². The van der Waals surface area contributed by atoms with E-state index in [1.165, 1.54) is 4.57 Å². The van der Waals surface area contributed by atoms with Crippen molar-refractivity contribution in [2.75, 3.05) is 0 Å². The second kappa shape index (κ2) is 3.76. The molecule has 1 unspecified atom stereocenters. The van der Waals surface area contributed by atoms with Crippen LogP contribution in [-0.2, 0) is 7.05 Å². The van der Waals surface area contributed by atoms with Crippen molar-refractivity contribution in [1.29, 1.82) is 0 Å². The lowest BCUT2D eigenvalue weighted by atomic mass is 10.3. The number of alkyl halides is 3. The Bertz CT molecular complexity index is 321. The van der Waals surface area contributed by atoms with Crippen LogP contribution in [-0.4, -0.2) is 20.1 Å². The minimum atomic E-state index is -3.51. The Hall–Kier alpha value is -0.790. The second-order valence-electron chi connectivity index (χ2n) is 2.81. The number of rotatable bonds is 3. The van der Waals surface area contributed by atoms with E-state index >= 15 is 0 Å². The van der Waals surface area contributed by atoms with Gasteiger partial charge in [0.25, 0.3) is 0 Å². The molecule has 1 heterocycles. The third kappa shape index (κ3) is 1.99. The standard InChI is InChI=1S/C6H10ClF2N5/c1-3-12-13-5(14(3)2)4(11-10)6(7,8)9/h4,11H,10H2,1-2H3. The SMILES string of the molecule is Cc1nnc(C(NN)C(F)(F)Cl)n1C. The number of nitrogens with one attached hydrogen (secondary N) is 1. The number of hydrogen-bond donors (Lipinski definition) is 2. The number of aromatic nitrogens is 3. The predicted molar refractivity (Wildman–Crippen MR) is 46.6 cm³/mol. The molecule has 0 saturated heterocycles. The molecule has 1 aromatic rings. The Morgan fingerprint density at radius 2 is 2.14 bits per heavy atom. The number of hydrazine groups is 1. The summed E-state index contributed by atoms with van der Waals surface area (Å²) in [6, 6.07) is -1.56. The predicted octanol–water partition coefficient (Wildman–Crippen LogP) is 0.460. The fraction of sp³-hybridized carbons (Fsp3) is 0.667. The molecular weight excluding hydrogens is 216 g/mol. The normalized spacial score (nSPS) is 14.4. The van der Waals surface area contributed by atoms with Crippen LogP contribution in [0.2, 0.25) is 0 Å². The Labute approximate surface area is 84.2 Å². The molecule has 0 spiro atoms. The van der Waals surface area contributed by atoms with Gasteiger partial charge in [0.15, 0.2) is 11.9 Å². The van der Waals surface area contributed by atoms with Gasteiger partial charge in [-0.25, -0.2) is 5.43 Å². The average molecular weight is 226 g/mol. The van der Waals surface area contributed by atoms with Gasteiger partial charge in [0.1, 0.15) is 5.82 Å². The summed E-state index contributed by atoms with van der Waals surface area (Å²) < 4.78 is 27.0. The third-order valence-electron chi connectivity index (χ3n) is 1.88. The van der Waals surface area contributed by atoms with Crippen LogP contribution in [0, 0.1) is 6.92 Å². The van der Waals surface area contributed by atoms with Gasteiger partial charge in [-0.2, -0.15) is 8.78 Å². The van der Waals surface area contributed by atoms with Crippen molar-refractivity contribution in [3.05, 3.63) is 11.6 Å². The first-order valence-corrected chi connectivity index (χ1v) is 4.14. The van der Waals surface area contributed by atoms with Crippen LogP contribution in [0.3, 0.4) is 0 Å². The van der Waals surface area contributed by atoms with Crippen LogP contribution in [0.5, 0.6) is 0 Å². The summed E-state index contributed by atoms with van der Waals surface area (Å²) in [7, 11) is 1.55. The Morgan fingerprint density at radius 1 is 1.57 bits per heavy atom. The lowest BCUT2D eigenvalue weighted by Crippen LogP contribution is -2.39. The molecule has 0 radical (unpaired) electrons. The molecule has 1 atom stereocenters. The molecule has 3 N–H and O–H groups in total. The Balaban J connectivity index is 3.08. The lowest BCUT2D eigenvalue weighted by Gasteiger charge is -2.19. The van der Waals surface area contributed by atoms with Crippen LogP contribution in [0.1, 0.15) is 17.7 Å². The highest BCUT2D eigenvalue weighted by atomic mass is 35.5. The van der Waals surface area contributed by atoms with E-state index in [1.54, 1.807) is 14.0 Å². The number of hydrogen-bond acceptors (Lipinski definition) is 4. The first-order valence-electron chi connectivity index (χ1n) is 3.76. The molecule has 0 aromatic carbocycles. The van der Waals surface area contributed by atoms with Gasteiger partial charge in [-0.1, -0.05) is 0 Å². The van der Waals surface area contributed by atoms with Crippen molar-refractivity contribution in [1.82, 2.24) is 20.2 Å². The van der Waals surface area contributed by atoms with E-state index in [2.05, 4.69) is 10.2 Å². The fourth-order valence-electron chi connectivity index (χ4n) is 0.990. The first-order chi connectivity index (χ1) is 6.38. The molecule has 0 fully saturated rings. The second-order valence-corrected chi connectivity index (χ2v) is 3.31. The van der Waals surface area contributed by atoms with Crippen molar-refractivity contribution in [2.45, 2.75) is 18.3 Å². The van der Waals surface area contributed by atoms with Gasteiger partial charge in [0, 0.05) is 7.05 Å². The van der Waals surface area contributed by atoms with Crippen molar-refractivity contribution >= 4 is 11.6 Å². The van der Waals surface area contributed by atoms with Crippen molar-refractivity contribution in [3.63, 3.8) is 0 Å². The van der Waals surface area contributed by atoms with E-state index in [4.69, 9.17) is 17.4 Å². The maximum atomic E-state index is 12.8. The largest absolute Gasteiger partial charge is 0.345 e. The van der Waals surface area contributed by atoms with Crippen molar-refractivity contribution in [2.24, 2.45) is 12.9 Å². The molecule has 0 aliphatic heterocycles. The van der Waals surface area contributed by atoms with E-state index in [1.807, 2.05) is 5.43 Å². The van der Waals surface area contributed by atoms with Crippen molar-refractivity contribution in [3.8, 4) is 0 Å². The highest BCUT2D eigenvalue weighted by Crippen LogP contribution is 2.33. The first kappa shape index (κ1) is 11.3. The van der Waals surface area contributed by atoms with E-state index < -0.39 is 11.4 Å². The Morgan fingerprint density at radius 3 is 2.43 bits per heavy atom. The average Bonchev–Trinajstić information content (AvgIpc) is 2.35. The van der Waals surface area contributed by atoms with E-state index in [9.17, 15) is 8.78 Å². The van der Waals surface area contributed by atoms with E-state index in [-0.39, 0.29) is 5.82 Å². The number of nitrogens with zero attached hydrogens (tertiary/aromatic N) is 3. The van der Waals surface area contributed by atoms with Crippen LogP contribution >= 0.6 is 11.6 Å². The smallest absolute Gasteiger partial charge is 0.317 e. The molecule has 0 bridgehead atoms. The molecular formula is C6H10ClF2N5. The fourth-order valence-corrected chi connectivity index (χ4v) is 1.15. The molecule has 14 heavy (non-hydrogen) atoms. The maximum Gasteiger partial charge on any atom is 0.345 e. The summed E-state index contributed by atoms with van der Waals surface area (Å²) in [6.45, 7) is 1.64. The van der Waals surface area contributed by atoms with Crippen LogP contribution < -0.4 is 11.3 Å². The van der Waals surface area contributed by atoms with Gasteiger partial charge < -0.3 is 4.57 Å². The summed E-state index contributed by atoms with van der Waals surface area (Å²) in [5.41, 5.74) is 1.91. The minimum absolute atomic E-state index is 0.00926. The number of aryl methyl sites for hydroxylation is 1. The summed E-state index contributed by atoms with van der Waals surface area (Å²) in [6.07, 6.45) is 0. The van der Waals surface area contributed by atoms with Gasteiger partial charge >= 0.3 is 5.38 Å². The van der Waals surface area contributed by atoms with Gasteiger partial charge in [-0.05, 0) is 18.5 Å². The quantitative estimate of drug-likeness (QED) is 0.446. The molecule has 80 valence electrons. The van der Waals surface area contributed by atoms with Crippen LogP contribution in [0.25, 0.3) is 0 Å². The number of halogens is 3. The van der Waals surface area contributed by atoms with Gasteiger partial charge in [0.2, 0.25) is 0 Å². The molecule has 0 saturated carbocycles. The monoisotopic (exact) mass is 225 g/mol. The zero-order chi connectivity index (χ0) is 10.9. The minimum Gasteiger partial charge on any atom is -0.317 e. The summed E-state index contributed by atoms with van der Waals surface area (Å²) in [5, 5.41) is 3.67. The van der Waals surface area contributed by atoms with Gasteiger partial charge in [-0.3, -0.25) is 5.84 Å². The van der Waals surface area contributed by atoms with E-state index in [0.29, 0.717) is 5.82 Å². The maximum absolute atomic E-state index is 12.8. The number of nitrogens with two attached hydrogens (primary N) is 1. The Kier molecular flexibility index (Phi) is 3.03. The summed E-state index contributed by atoms with van der Waals surface area (Å²) in [5.74, 6) is 5.47. The van der Waals surface area contributed by atoms with Crippen LogP contribution in [0.15, 0.2) is 0 Å². The van der Waals surface area contributed by atoms with Crippen molar-refractivity contribution < 1.29 is 8.78 Å². The molecule has 0 aliphatic carbocycles. The zero-order valence-corrected chi connectivity index (χ0v) is 8.39. The van der Waals surface area contributed by atoms with E-state index in [0.717, 1.165) is 0 Å². The molecule has 0 amide bonds. The summed E-state index contributed by atoms with van der Waals surface area (Å²) in [4.78, 5) is 0. The molecule has 5 nitrogen and oxygen atoms in total. The highest BCUT2D eigenvalue weighted by Gasteiger charge is 2.40. The van der Waals surface area contributed by atoms with Crippen LogP contribution in [0.4, 0.5) is 8.78 Å².